The third-order valence-corrected chi connectivity index (χ3v) is 4.37. The molecular formula is C22H22O7. The normalized spacial score (nSPS) is 11.7. The van der Waals surface area contributed by atoms with Gasteiger partial charge in [-0.05, 0) is 43.7 Å². The molecule has 0 amide bonds. The molecule has 1 heterocycles. The van der Waals surface area contributed by atoms with Gasteiger partial charge in [-0.25, -0.2) is 4.79 Å². The molecule has 0 aliphatic carbocycles. The van der Waals surface area contributed by atoms with Gasteiger partial charge in [0.05, 0.1) is 31.8 Å². The van der Waals surface area contributed by atoms with Gasteiger partial charge in [-0.2, -0.15) is 0 Å². The Labute approximate surface area is 167 Å². The maximum atomic E-state index is 13.0. The summed E-state index contributed by atoms with van der Waals surface area (Å²) in [5, 5.41) is 0.397. The van der Waals surface area contributed by atoms with Crippen molar-refractivity contribution in [2.24, 2.45) is 0 Å². The highest BCUT2D eigenvalue weighted by molar-refractivity contribution is 5.83. The van der Waals surface area contributed by atoms with E-state index in [1.54, 1.807) is 57.4 Å². The van der Waals surface area contributed by atoms with Crippen molar-refractivity contribution in [3.8, 4) is 28.4 Å². The number of esters is 1. The first-order chi connectivity index (χ1) is 14.0. The maximum absolute atomic E-state index is 13.0. The van der Waals surface area contributed by atoms with Crippen LogP contribution < -0.4 is 19.6 Å². The monoisotopic (exact) mass is 398 g/mol. The average Bonchev–Trinajstić information content (AvgIpc) is 2.73. The van der Waals surface area contributed by atoms with Crippen LogP contribution in [0.25, 0.3) is 22.1 Å². The van der Waals surface area contributed by atoms with E-state index in [0.717, 1.165) is 0 Å². The number of rotatable bonds is 7. The summed E-state index contributed by atoms with van der Waals surface area (Å²) in [7, 11) is 3.08. The van der Waals surface area contributed by atoms with E-state index in [0.29, 0.717) is 39.3 Å². The lowest BCUT2D eigenvalue weighted by molar-refractivity contribution is -0.150. The summed E-state index contributed by atoms with van der Waals surface area (Å²) in [5.41, 5.74) is 1.21. The maximum Gasteiger partial charge on any atom is 0.347 e. The van der Waals surface area contributed by atoms with Crippen LogP contribution in [0.15, 0.2) is 51.9 Å². The molecule has 0 fully saturated rings. The van der Waals surface area contributed by atoms with Crippen molar-refractivity contribution in [2.75, 3.05) is 20.8 Å². The Balaban J connectivity index is 1.95. The first kappa shape index (κ1) is 20.3. The molecule has 0 bridgehead atoms. The van der Waals surface area contributed by atoms with E-state index in [1.165, 1.54) is 13.4 Å². The zero-order valence-corrected chi connectivity index (χ0v) is 16.7. The Morgan fingerprint density at radius 3 is 2.52 bits per heavy atom. The molecule has 152 valence electrons. The van der Waals surface area contributed by atoms with Gasteiger partial charge in [0.1, 0.15) is 17.6 Å². The van der Waals surface area contributed by atoms with Crippen LogP contribution in [0.2, 0.25) is 0 Å². The summed E-state index contributed by atoms with van der Waals surface area (Å²) < 4.78 is 26.7. The first-order valence-corrected chi connectivity index (χ1v) is 9.09. The van der Waals surface area contributed by atoms with Crippen LogP contribution in [0, 0.1) is 0 Å². The standard InChI is InChI=1S/C22H22O7/c1-5-27-22(24)13(2)29-15-7-8-16-19(11-15)28-12-17(21(16)23)14-6-9-18(25-3)20(10-14)26-4/h6-13H,5H2,1-4H3/t13-/m0/s1. The molecule has 3 aromatic rings. The van der Waals surface area contributed by atoms with Gasteiger partial charge in [-0.1, -0.05) is 6.07 Å². The van der Waals surface area contributed by atoms with E-state index in [9.17, 15) is 9.59 Å². The lowest BCUT2D eigenvalue weighted by Gasteiger charge is -2.13. The number of hydrogen-bond donors (Lipinski definition) is 0. The molecule has 3 rings (SSSR count). The zero-order valence-electron chi connectivity index (χ0n) is 16.7. The lowest BCUT2D eigenvalue weighted by atomic mass is 10.0. The van der Waals surface area contributed by atoms with Crippen molar-refractivity contribution in [1.82, 2.24) is 0 Å². The van der Waals surface area contributed by atoms with Crippen LogP contribution in [0.5, 0.6) is 17.2 Å². The van der Waals surface area contributed by atoms with Crippen LogP contribution in [0.3, 0.4) is 0 Å². The predicted molar refractivity (Wildman–Crippen MR) is 108 cm³/mol. The highest BCUT2D eigenvalue weighted by atomic mass is 16.6. The molecule has 7 heteroatoms. The van der Waals surface area contributed by atoms with Gasteiger partial charge in [0.15, 0.2) is 23.0 Å². The molecule has 0 radical (unpaired) electrons. The van der Waals surface area contributed by atoms with Crippen LogP contribution in [-0.4, -0.2) is 32.9 Å². The predicted octanol–water partition coefficient (Wildman–Crippen LogP) is 3.81. The first-order valence-electron chi connectivity index (χ1n) is 9.09. The van der Waals surface area contributed by atoms with Crippen molar-refractivity contribution < 1.29 is 28.2 Å². The highest BCUT2D eigenvalue weighted by Gasteiger charge is 2.17. The zero-order chi connectivity index (χ0) is 21.0. The van der Waals surface area contributed by atoms with Crippen molar-refractivity contribution >= 4 is 16.9 Å². The number of fused-ring (bicyclic) bond motifs is 1. The largest absolute Gasteiger partial charge is 0.493 e. The van der Waals surface area contributed by atoms with Crippen LogP contribution in [0.1, 0.15) is 13.8 Å². The third kappa shape index (κ3) is 4.18. The van der Waals surface area contributed by atoms with Crippen molar-refractivity contribution in [2.45, 2.75) is 20.0 Å². The quantitative estimate of drug-likeness (QED) is 0.560. The van der Waals surface area contributed by atoms with Gasteiger partial charge in [-0.3, -0.25) is 4.79 Å². The Hall–Kier alpha value is -3.48. The Morgan fingerprint density at radius 1 is 1.07 bits per heavy atom. The molecule has 2 aromatic carbocycles. The van der Waals surface area contributed by atoms with Crippen LogP contribution >= 0.6 is 0 Å². The van der Waals surface area contributed by atoms with Gasteiger partial charge in [0, 0.05) is 6.07 Å². The van der Waals surface area contributed by atoms with Gasteiger partial charge in [0.25, 0.3) is 0 Å². The third-order valence-electron chi connectivity index (χ3n) is 4.37. The summed E-state index contributed by atoms with van der Waals surface area (Å²) in [6, 6.07) is 10.0. The fraction of sp³-hybridized carbons (Fsp3) is 0.273. The molecule has 0 spiro atoms. The van der Waals surface area contributed by atoms with Gasteiger partial charge in [-0.15, -0.1) is 0 Å². The highest BCUT2D eigenvalue weighted by Crippen LogP contribution is 2.32. The van der Waals surface area contributed by atoms with E-state index < -0.39 is 12.1 Å². The Kier molecular flexibility index (Phi) is 6.07. The minimum Gasteiger partial charge on any atom is -0.493 e. The van der Waals surface area contributed by atoms with E-state index in [1.807, 2.05) is 0 Å². The summed E-state index contributed by atoms with van der Waals surface area (Å²) in [6.45, 7) is 3.60. The van der Waals surface area contributed by atoms with Crippen LogP contribution in [-0.2, 0) is 9.53 Å². The SMILES string of the molecule is CCOC(=O)[C@H](C)Oc1ccc2c(=O)c(-c3ccc(OC)c(OC)c3)coc2c1. The average molecular weight is 398 g/mol. The van der Waals surface area contributed by atoms with E-state index in [4.69, 9.17) is 23.4 Å². The topological polar surface area (TPSA) is 84.2 Å². The second-order valence-corrected chi connectivity index (χ2v) is 6.22. The molecule has 0 saturated carbocycles. The molecule has 29 heavy (non-hydrogen) atoms. The molecule has 0 saturated heterocycles. The number of benzene rings is 2. The molecular weight excluding hydrogens is 376 g/mol. The minimum atomic E-state index is -0.773. The lowest BCUT2D eigenvalue weighted by Crippen LogP contribution is -2.26. The molecule has 0 aliphatic rings. The smallest absolute Gasteiger partial charge is 0.347 e. The van der Waals surface area contributed by atoms with E-state index >= 15 is 0 Å². The van der Waals surface area contributed by atoms with Crippen LogP contribution in [0.4, 0.5) is 0 Å². The number of ether oxygens (including phenoxy) is 4. The van der Waals surface area contributed by atoms with Gasteiger partial charge in [0.2, 0.25) is 0 Å². The second-order valence-electron chi connectivity index (χ2n) is 6.22. The molecule has 1 atom stereocenters. The Bertz CT molecular complexity index is 1080. The second kappa shape index (κ2) is 8.68. The summed E-state index contributed by atoms with van der Waals surface area (Å²) >= 11 is 0. The van der Waals surface area contributed by atoms with E-state index in [2.05, 4.69) is 0 Å². The van der Waals surface area contributed by atoms with Gasteiger partial charge >= 0.3 is 5.97 Å². The van der Waals surface area contributed by atoms with Crippen molar-refractivity contribution in [1.29, 1.82) is 0 Å². The van der Waals surface area contributed by atoms with Gasteiger partial charge < -0.3 is 23.4 Å². The molecule has 0 aliphatic heterocycles. The number of carbonyl (C=O) groups excluding carboxylic acids is 1. The van der Waals surface area contributed by atoms with E-state index in [-0.39, 0.29) is 12.0 Å². The number of carbonyl (C=O) groups is 1. The fourth-order valence-electron chi connectivity index (χ4n) is 2.90. The Morgan fingerprint density at radius 2 is 1.83 bits per heavy atom. The number of methoxy groups -OCH3 is 2. The number of hydrogen-bond acceptors (Lipinski definition) is 7. The van der Waals surface area contributed by atoms with Crippen molar-refractivity contribution in [3.63, 3.8) is 0 Å². The minimum absolute atomic E-state index is 0.191. The van der Waals surface area contributed by atoms with Crippen molar-refractivity contribution in [3.05, 3.63) is 52.9 Å². The molecule has 7 nitrogen and oxygen atoms in total. The summed E-state index contributed by atoms with van der Waals surface area (Å²) in [4.78, 5) is 24.7. The fourth-order valence-corrected chi connectivity index (χ4v) is 2.90. The molecule has 0 N–H and O–H groups in total. The molecule has 1 aromatic heterocycles. The molecule has 0 unspecified atom stereocenters. The summed E-state index contributed by atoms with van der Waals surface area (Å²) in [5.74, 6) is 1.03. The summed E-state index contributed by atoms with van der Waals surface area (Å²) in [6.07, 6.45) is 0.620.